The smallest absolute Gasteiger partial charge is 0.272 e. The summed E-state index contributed by atoms with van der Waals surface area (Å²) in [5.41, 5.74) is 2.92. The van der Waals surface area contributed by atoms with Gasteiger partial charge < -0.3 is 24.3 Å². The van der Waals surface area contributed by atoms with Crippen molar-refractivity contribution < 1.29 is 28.1 Å². The van der Waals surface area contributed by atoms with Crippen molar-refractivity contribution in [2.45, 2.75) is 57.1 Å². The van der Waals surface area contributed by atoms with Crippen molar-refractivity contribution in [1.29, 1.82) is 0 Å². The van der Waals surface area contributed by atoms with Crippen LogP contribution in [0.2, 0.25) is 0 Å². The minimum Gasteiger partial charge on any atom is -0.491 e. The van der Waals surface area contributed by atoms with E-state index in [4.69, 9.17) is 18.9 Å². The molecule has 1 aromatic heterocycles. The van der Waals surface area contributed by atoms with Crippen LogP contribution in [0.4, 0.5) is 4.39 Å². The van der Waals surface area contributed by atoms with Gasteiger partial charge in [0.1, 0.15) is 24.3 Å². The topological polar surface area (TPSA) is 83.8 Å². The Bertz CT molecular complexity index is 1270. The third kappa shape index (κ3) is 5.33. The summed E-state index contributed by atoms with van der Waals surface area (Å²) in [6.07, 6.45) is 2.91. The number of halogens is 1. The van der Waals surface area contributed by atoms with Crippen molar-refractivity contribution in [3.8, 4) is 11.6 Å². The number of amides is 1. The Balaban J connectivity index is 1.07. The number of fused-ring (bicyclic) bond motifs is 2. The van der Waals surface area contributed by atoms with Crippen LogP contribution < -0.4 is 14.8 Å². The number of ether oxygens (including phenoxy) is 4. The molecule has 3 aromatic rings. The highest BCUT2D eigenvalue weighted by Gasteiger charge is 2.28. The Morgan fingerprint density at radius 2 is 2.00 bits per heavy atom. The monoisotopic (exact) mass is 507 g/mol. The molecule has 9 heteroatoms. The van der Waals surface area contributed by atoms with Gasteiger partial charge in [-0.2, -0.15) is 5.10 Å². The molecule has 3 aliphatic rings. The summed E-state index contributed by atoms with van der Waals surface area (Å²) in [7, 11) is 0. The number of hydrogen-bond donors (Lipinski definition) is 1. The standard InChI is InChI=1S/C28H30FN3O5/c29-23-4-2-1-3-22(23)26-7-10-32-27(37-26)15-24(31-32)28(33)30-20-14-19-13-18(5-6-25(19)36-17-20)16-35-21-8-11-34-12-9-21/h1-6,13,15,20-21,26H,7-12,14,16-17H2,(H,30,33). The molecular weight excluding hydrogens is 477 g/mol. The maximum atomic E-state index is 14.2. The van der Waals surface area contributed by atoms with Gasteiger partial charge in [0.05, 0.1) is 18.8 Å². The number of benzene rings is 2. The normalized spacial score (nSPS) is 21.3. The zero-order valence-corrected chi connectivity index (χ0v) is 20.5. The number of carbonyl (C=O) groups is 1. The van der Waals surface area contributed by atoms with E-state index in [-0.39, 0.29) is 29.6 Å². The van der Waals surface area contributed by atoms with E-state index in [1.54, 1.807) is 28.9 Å². The lowest BCUT2D eigenvalue weighted by atomic mass is 10.00. The molecule has 3 aliphatic heterocycles. The molecule has 4 heterocycles. The van der Waals surface area contributed by atoms with Gasteiger partial charge in [-0.3, -0.25) is 4.79 Å². The molecule has 8 nitrogen and oxygen atoms in total. The number of nitrogens with one attached hydrogen (secondary N) is 1. The highest BCUT2D eigenvalue weighted by molar-refractivity contribution is 5.92. The Morgan fingerprint density at radius 1 is 1.14 bits per heavy atom. The summed E-state index contributed by atoms with van der Waals surface area (Å²) >= 11 is 0. The van der Waals surface area contributed by atoms with E-state index >= 15 is 0 Å². The van der Waals surface area contributed by atoms with Crippen molar-refractivity contribution >= 4 is 5.91 Å². The first-order valence-corrected chi connectivity index (χ1v) is 12.9. The van der Waals surface area contributed by atoms with Crippen LogP contribution >= 0.6 is 0 Å². The molecule has 0 radical (unpaired) electrons. The lowest BCUT2D eigenvalue weighted by molar-refractivity contribution is -0.0391. The van der Waals surface area contributed by atoms with Crippen LogP contribution in [0.1, 0.15) is 52.5 Å². The van der Waals surface area contributed by atoms with E-state index in [1.165, 1.54) is 6.07 Å². The molecule has 6 rings (SSSR count). The van der Waals surface area contributed by atoms with Gasteiger partial charge in [0.25, 0.3) is 5.91 Å². The van der Waals surface area contributed by atoms with Gasteiger partial charge in [0, 0.05) is 37.8 Å². The molecule has 37 heavy (non-hydrogen) atoms. The van der Waals surface area contributed by atoms with Gasteiger partial charge in [-0.1, -0.05) is 24.3 Å². The summed E-state index contributed by atoms with van der Waals surface area (Å²) < 4.78 is 39.2. The molecular formula is C28H30FN3O5. The quantitative estimate of drug-likeness (QED) is 0.544. The Morgan fingerprint density at radius 3 is 2.86 bits per heavy atom. The van der Waals surface area contributed by atoms with Crippen LogP contribution in [0.3, 0.4) is 0 Å². The molecule has 194 valence electrons. The Hall–Kier alpha value is -3.43. The van der Waals surface area contributed by atoms with Crippen LogP contribution in [0.25, 0.3) is 0 Å². The van der Waals surface area contributed by atoms with Gasteiger partial charge in [-0.15, -0.1) is 0 Å². The lowest BCUT2D eigenvalue weighted by Crippen LogP contribution is -2.43. The van der Waals surface area contributed by atoms with Crippen LogP contribution in [0.5, 0.6) is 11.6 Å². The highest BCUT2D eigenvalue weighted by atomic mass is 19.1. The average molecular weight is 508 g/mol. The Kier molecular flexibility index (Phi) is 6.80. The molecule has 2 unspecified atom stereocenters. The van der Waals surface area contributed by atoms with Gasteiger partial charge in [-0.25, -0.2) is 9.07 Å². The van der Waals surface area contributed by atoms with Crippen molar-refractivity contribution in [3.05, 3.63) is 76.7 Å². The summed E-state index contributed by atoms with van der Waals surface area (Å²) in [5, 5.41) is 7.45. The van der Waals surface area contributed by atoms with E-state index in [1.807, 2.05) is 12.1 Å². The van der Waals surface area contributed by atoms with Gasteiger partial charge in [-0.05, 0) is 48.6 Å². The van der Waals surface area contributed by atoms with Gasteiger partial charge >= 0.3 is 0 Å². The Labute approximate surface area is 214 Å². The molecule has 0 saturated carbocycles. The van der Waals surface area contributed by atoms with Gasteiger partial charge in [0.2, 0.25) is 5.88 Å². The van der Waals surface area contributed by atoms with E-state index in [0.29, 0.717) is 44.0 Å². The van der Waals surface area contributed by atoms with Crippen molar-refractivity contribution in [2.24, 2.45) is 0 Å². The van der Waals surface area contributed by atoms with Crippen LogP contribution in [-0.4, -0.2) is 47.7 Å². The van der Waals surface area contributed by atoms with E-state index in [9.17, 15) is 9.18 Å². The molecule has 0 spiro atoms. The number of hydrogen-bond acceptors (Lipinski definition) is 6. The largest absolute Gasteiger partial charge is 0.491 e. The first-order valence-electron chi connectivity index (χ1n) is 12.9. The maximum Gasteiger partial charge on any atom is 0.272 e. The molecule has 1 fully saturated rings. The van der Waals surface area contributed by atoms with E-state index in [2.05, 4.69) is 16.5 Å². The van der Waals surface area contributed by atoms with Crippen molar-refractivity contribution in [2.75, 3.05) is 19.8 Å². The molecule has 1 amide bonds. The summed E-state index contributed by atoms with van der Waals surface area (Å²) in [6, 6.07) is 14.1. The number of carbonyl (C=O) groups excluding carboxylic acids is 1. The average Bonchev–Trinajstić information content (AvgIpc) is 3.36. The molecule has 1 N–H and O–H groups in total. The minimum absolute atomic E-state index is 0.183. The highest BCUT2D eigenvalue weighted by Crippen LogP contribution is 2.32. The fourth-order valence-corrected chi connectivity index (χ4v) is 5.11. The molecule has 0 bridgehead atoms. The third-order valence-electron chi connectivity index (χ3n) is 7.11. The summed E-state index contributed by atoms with van der Waals surface area (Å²) in [6.45, 7) is 2.98. The predicted octanol–water partition coefficient (Wildman–Crippen LogP) is 3.98. The second-order valence-electron chi connectivity index (χ2n) is 9.76. The second kappa shape index (κ2) is 10.5. The molecule has 2 atom stereocenters. The van der Waals surface area contributed by atoms with E-state index in [0.717, 1.165) is 42.9 Å². The lowest BCUT2D eigenvalue weighted by Gasteiger charge is -2.27. The second-order valence-corrected chi connectivity index (χ2v) is 9.76. The third-order valence-corrected chi connectivity index (χ3v) is 7.11. The summed E-state index contributed by atoms with van der Waals surface area (Å²) in [4.78, 5) is 13.0. The predicted molar refractivity (Wildman–Crippen MR) is 132 cm³/mol. The fourth-order valence-electron chi connectivity index (χ4n) is 5.11. The van der Waals surface area contributed by atoms with Crippen molar-refractivity contribution in [3.63, 3.8) is 0 Å². The van der Waals surface area contributed by atoms with Crippen LogP contribution in [0, 0.1) is 5.82 Å². The number of rotatable bonds is 6. The minimum atomic E-state index is -0.408. The number of aromatic nitrogens is 2. The van der Waals surface area contributed by atoms with Crippen molar-refractivity contribution in [1.82, 2.24) is 15.1 Å². The zero-order valence-electron chi connectivity index (χ0n) is 20.5. The SMILES string of the molecule is O=C(NC1COc2ccc(COC3CCOCC3)cc2C1)c1cc2n(n1)CCC(c1ccccc1F)O2. The number of nitrogens with zero attached hydrogens (tertiary/aromatic N) is 2. The first-order chi connectivity index (χ1) is 18.1. The maximum absolute atomic E-state index is 14.2. The first kappa shape index (κ1) is 23.9. The summed E-state index contributed by atoms with van der Waals surface area (Å²) in [5.74, 6) is 0.715. The zero-order chi connectivity index (χ0) is 25.2. The molecule has 1 saturated heterocycles. The molecule has 2 aromatic carbocycles. The van der Waals surface area contributed by atoms with Gasteiger partial charge in [0.15, 0.2) is 5.69 Å². The molecule has 0 aliphatic carbocycles. The van der Waals surface area contributed by atoms with Crippen LogP contribution in [0.15, 0.2) is 48.5 Å². The van der Waals surface area contributed by atoms with Crippen LogP contribution in [-0.2, 0) is 29.0 Å². The fraction of sp³-hybridized carbons (Fsp3) is 0.429. The number of aryl methyl sites for hydroxylation is 1. The van der Waals surface area contributed by atoms with E-state index < -0.39 is 6.10 Å².